The van der Waals surface area contributed by atoms with Crippen molar-refractivity contribution in [2.75, 3.05) is 0 Å². The van der Waals surface area contributed by atoms with Gasteiger partial charge in [-0.2, -0.15) is 0 Å². The second-order valence-corrected chi connectivity index (χ2v) is 4.17. The highest BCUT2D eigenvalue weighted by molar-refractivity contribution is 5.94. The molecule has 1 N–H and O–H groups in total. The summed E-state index contributed by atoms with van der Waals surface area (Å²) in [5, 5.41) is 8.97. The maximum absolute atomic E-state index is 13.6. The summed E-state index contributed by atoms with van der Waals surface area (Å²) in [6.45, 7) is 1.11. The fourth-order valence-electron chi connectivity index (χ4n) is 1.67. The number of carboxylic acid groups (broad SMARTS) is 1. The van der Waals surface area contributed by atoms with E-state index in [1.165, 1.54) is 25.4 Å². The largest absolute Gasteiger partial charge is 0.487 e. The molecule has 0 fully saturated rings. The average molecular weight is 290 g/mol. The third-order valence-electron chi connectivity index (χ3n) is 2.72. The third-order valence-corrected chi connectivity index (χ3v) is 2.72. The Balaban J connectivity index is 2.16. The van der Waals surface area contributed by atoms with Crippen LogP contribution in [0.25, 0.3) is 0 Å². The fraction of sp³-hybridized carbons (Fsp3) is 0.143. The van der Waals surface area contributed by atoms with E-state index in [0.717, 1.165) is 12.3 Å². The first kappa shape index (κ1) is 14.6. The van der Waals surface area contributed by atoms with Gasteiger partial charge >= 0.3 is 5.97 Å². The van der Waals surface area contributed by atoms with Crippen LogP contribution in [0.5, 0.6) is 5.75 Å². The SMILES string of the molecule is CC(=O)c1ccc(OCc2ncncc2C(=O)O)cc1F. The maximum Gasteiger partial charge on any atom is 0.339 e. The van der Waals surface area contributed by atoms with E-state index in [1.807, 2.05) is 0 Å². The molecule has 0 spiro atoms. The van der Waals surface area contributed by atoms with E-state index >= 15 is 0 Å². The summed E-state index contributed by atoms with van der Waals surface area (Å²) in [5.74, 6) is -2.08. The first-order chi connectivity index (χ1) is 9.99. The van der Waals surface area contributed by atoms with Crippen LogP contribution in [0, 0.1) is 5.82 Å². The molecule has 0 radical (unpaired) electrons. The molecular formula is C14H11FN2O4. The van der Waals surface area contributed by atoms with Crippen molar-refractivity contribution in [3.63, 3.8) is 0 Å². The van der Waals surface area contributed by atoms with E-state index < -0.39 is 11.8 Å². The first-order valence-corrected chi connectivity index (χ1v) is 5.94. The minimum Gasteiger partial charge on any atom is -0.487 e. The van der Waals surface area contributed by atoms with Gasteiger partial charge in [-0.15, -0.1) is 0 Å². The Morgan fingerprint density at radius 3 is 2.71 bits per heavy atom. The van der Waals surface area contributed by atoms with Crippen molar-refractivity contribution in [3.05, 3.63) is 53.4 Å². The number of ether oxygens (including phenoxy) is 1. The number of carbonyl (C=O) groups excluding carboxylic acids is 1. The molecule has 0 aliphatic rings. The predicted molar refractivity (Wildman–Crippen MR) is 69.7 cm³/mol. The van der Waals surface area contributed by atoms with E-state index in [0.29, 0.717) is 0 Å². The van der Waals surface area contributed by atoms with Crippen LogP contribution in [0.2, 0.25) is 0 Å². The summed E-state index contributed by atoms with van der Waals surface area (Å²) in [6.07, 6.45) is 2.36. The number of hydrogen-bond acceptors (Lipinski definition) is 5. The Morgan fingerprint density at radius 2 is 2.10 bits per heavy atom. The minimum absolute atomic E-state index is 0.0318. The monoisotopic (exact) mass is 290 g/mol. The Bertz CT molecular complexity index is 703. The van der Waals surface area contributed by atoms with Crippen LogP contribution >= 0.6 is 0 Å². The van der Waals surface area contributed by atoms with Crippen LogP contribution in [0.3, 0.4) is 0 Å². The second kappa shape index (κ2) is 6.08. The number of nitrogens with zero attached hydrogens (tertiary/aromatic N) is 2. The Labute approximate surface area is 119 Å². The normalized spacial score (nSPS) is 10.2. The number of benzene rings is 1. The lowest BCUT2D eigenvalue weighted by Crippen LogP contribution is -2.09. The van der Waals surface area contributed by atoms with Gasteiger partial charge in [0, 0.05) is 12.3 Å². The van der Waals surface area contributed by atoms with Crippen molar-refractivity contribution in [3.8, 4) is 5.75 Å². The molecule has 1 heterocycles. The highest BCUT2D eigenvalue weighted by Crippen LogP contribution is 2.18. The van der Waals surface area contributed by atoms with Crippen LogP contribution in [-0.2, 0) is 6.61 Å². The van der Waals surface area contributed by atoms with Crippen molar-refractivity contribution in [1.82, 2.24) is 9.97 Å². The molecule has 0 saturated carbocycles. The lowest BCUT2D eigenvalue weighted by molar-refractivity contribution is 0.0692. The molecule has 0 amide bonds. The zero-order valence-corrected chi connectivity index (χ0v) is 11.0. The number of ketones is 1. The molecule has 2 rings (SSSR count). The molecule has 7 heteroatoms. The van der Waals surface area contributed by atoms with Crippen molar-refractivity contribution in [2.45, 2.75) is 13.5 Å². The topological polar surface area (TPSA) is 89.4 Å². The summed E-state index contributed by atoms with van der Waals surface area (Å²) < 4.78 is 18.9. The maximum atomic E-state index is 13.6. The van der Waals surface area contributed by atoms with Crippen molar-refractivity contribution < 1.29 is 23.8 Å². The van der Waals surface area contributed by atoms with Crippen molar-refractivity contribution in [1.29, 1.82) is 0 Å². The number of rotatable bonds is 5. The van der Waals surface area contributed by atoms with Gasteiger partial charge in [0.2, 0.25) is 0 Å². The van der Waals surface area contributed by atoms with Gasteiger partial charge in [-0.05, 0) is 19.1 Å². The number of hydrogen-bond donors (Lipinski definition) is 1. The Morgan fingerprint density at radius 1 is 1.33 bits per heavy atom. The standard InChI is InChI=1S/C14H11FN2O4/c1-8(18)10-3-2-9(4-12(10)15)21-6-13-11(14(19)20)5-16-7-17-13/h2-5,7H,6H2,1H3,(H,19,20). The number of carbonyl (C=O) groups is 2. The lowest BCUT2D eigenvalue weighted by atomic mass is 10.1. The summed E-state index contributed by atoms with van der Waals surface area (Å²) in [7, 11) is 0. The van der Waals surface area contributed by atoms with Gasteiger partial charge in [-0.3, -0.25) is 4.79 Å². The average Bonchev–Trinajstić information content (AvgIpc) is 2.45. The van der Waals surface area contributed by atoms with E-state index in [-0.39, 0.29) is 35.0 Å². The van der Waals surface area contributed by atoms with Gasteiger partial charge in [0.15, 0.2) is 5.78 Å². The van der Waals surface area contributed by atoms with Crippen molar-refractivity contribution in [2.24, 2.45) is 0 Å². The van der Waals surface area contributed by atoms with Crippen LogP contribution in [-0.4, -0.2) is 26.8 Å². The molecule has 0 saturated heterocycles. The Kier molecular flexibility index (Phi) is 4.22. The van der Waals surface area contributed by atoms with Gasteiger partial charge in [0.05, 0.1) is 11.3 Å². The molecular weight excluding hydrogens is 279 g/mol. The molecule has 0 unspecified atom stereocenters. The molecule has 0 atom stereocenters. The molecule has 6 nitrogen and oxygen atoms in total. The number of carboxylic acids is 1. The Hall–Kier alpha value is -2.83. The third kappa shape index (κ3) is 3.38. The summed E-state index contributed by atoms with van der Waals surface area (Å²) >= 11 is 0. The number of aromatic nitrogens is 2. The first-order valence-electron chi connectivity index (χ1n) is 5.94. The number of aromatic carboxylic acids is 1. The van der Waals surface area contributed by atoms with Gasteiger partial charge in [0.25, 0.3) is 0 Å². The zero-order chi connectivity index (χ0) is 15.4. The van der Waals surface area contributed by atoms with E-state index in [9.17, 15) is 14.0 Å². The predicted octanol–water partition coefficient (Wildman–Crippen LogP) is 2.10. The van der Waals surface area contributed by atoms with E-state index in [4.69, 9.17) is 9.84 Å². The van der Waals surface area contributed by atoms with E-state index in [1.54, 1.807) is 0 Å². The molecule has 0 aliphatic carbocycles. The molecule has 21 heavy (non-hydrogen) atoms. The molecule has 0 aliphatic heterocycles. The highest BCUT2D eigenvalue weighted by Gasteiger charge is 2.13. The second-order valence-electron chi connectivity index (χ2n) is 4.17. The van der Waals surface area contributed by atoms with Gasteiger partial charge in [-0.25, -0.2) is 19.2 Å². The lowest BCUT2D eigenvalue weighted by Gasteiger charge is -2.08. The quantitative estimate of drug-likeness (QED) is 0.848. The molecule has 1 aromatic heterocycles. The summed E-state index contributed by atoms with van der Waals surface area (Å²) in [5.41, 5.74) is 0.0579. The number of Topliss-reactive ketones (excluding diaryl/α,β-unsaturated/α-hetero) is 1. The van der Waals surface area contributed by atoms with Crippen LogP contribution in [0.15, 0.2) is 30.7 Å². The van der Waals surface area contributed by atoms with E-state index in [2.05, 4.69) is 9.97 Å². The smallest absolute Gasteiger partial charge is 0.339 e. The molecule has 2 aromatic rings. The molecule has 1 aromatic carbocycles. The number of halogens is 1. The summed E-state index contributed by atoms with van der Waals surface area (Å²) in [6, 6.07) is 3.81. The summed E-state index contributed by atoms with van der Waals surface area (Å²) in [4.78, 5) is 29.5. The zero-order valence-electron chi connectivity index (χ0n) is 11.0. The van der Waals surface area contributed by atoms with Gasteiger partial charge in [0.1, 0.15) is 30.1 Å². The van der Waals surface area contributed by atoms with Crippen molar-refractivity contribution >= 4 is 11.8 Å². The van der Waals surface area contributed by atoms with Crippen LogP contribution in [0.4, 0.5) is 4.39 Å². The molecule has 0 bridgehead atoms. The van der Waals surface area contributed by atoms with Crippen LogP contribution in [0.1, 0.15) is 33.3 Å². The minimum atomic E-state index is -1.17. The van der Waals surface area contributed by atoms with Crippen LogP contribution < -0.4 is 4.74 Å². The fourth-order valence-corrected chi connectivity index (χ4v) is 1.67. The van der Waals surface area contributed by atoms with Gasteiger partial charge < -0.3 is 9.84 Å². The van der Waals surface area contributed by atoms with Gasteiger partial charge in [-0.1, -0.05) is 0 Å². The highest BCUT2D eigenvalue weighted by atomic mass is 19.1. The molecule has 108 valence electrons.